The molecule has 1 heterocycles. The Labute approximate surface area is 367 Å². The summed E-state index contributed by atoms with van der Waals surface area (Å²) in [5.74, 6) is 0.938. The van der Waals surface area contributed by atoms with Crippen LogP contribution < -0.4 is 14.2 Å². The molecule has 6 rings (SSSR count). The Balaban J connectivity index is 1.21. The number of carbonyl (C=O) groups excluding carboxylic acids is 1. The highest BCUT2D eigenvalue weighted by atomic mass is 32.2. The van der Waals surface area contributed by atoms with Gasteiger partial charge in [-0.2, -0.15) is 8.42 Å². The number of aliphatic hydroxyl groups excluding tert-OH is 1. The Kier molecular flexibility index (Phi) is 15.6. The van der Waals surface area contributed by atoms with Gasteiger partial charge in [0.1, 0.15) is 23.2 Å². The standard InChI is InChI=1S/C47H54N2O13S/c1-32-15-21-38(22-16-32)63(54,55)61-31-36(50)30-60-44-28-48(46(51)62-47(2,3)4)27-43(59-29-33-25-35-11-6-7-12-39(35)42(26-33)56-5)45(44)34-17-19-37(20-18-34)57-23-10-24-58-41-14-9-8-13-40(41)49(52)53/h6-9,11-22,25-26,36,43-45,50H,10,23-24,27-31H2,1-5H3/t36-,43-,44+,45+/m0/s1. The van der Waals surface area contributed by atoms with Crippen molar-refractivity contribution in [2.75, 3.05) is 46.6 Å². The molecular weight excluding hydrogens is 833 g/mol. The fourth-order valence-corrected chi connectivity index (χ4v) is 8.10. The smallest absolute Gasteiger partial charge is 0.410 e. The lowest BCUT2D eigenvalue weighted by Crippen LogP contribution is -2.55. The number of para-hydroxylation sites is 2. The number of carbonyl (C=O) groups is 1. The maximum Gasteiger partial charge on any atom is 0.410 e. The number of hydrogen-bond acceptors (Lipinski definition) is 13. The Bertz CT molecular complexity index is 2420. The van der Waals surface area contributed by atoms with Crippen molar-refractivity contribution < 1.29 is 55.8 Å². The number of amides is 1. The number of fused-ring (bicyclic) bond motifs is 1. The Morgan fingerprint density at radius 3 is 2.22 bits per heavy atom. The number of rotatable bonds is 19. The van der Waals surface area contributed by atoms with Crippen molar-refractivity contribution in [1.29, 1.82) is 0 Å². The number of aliphatic hydroxyl groups is 1. The van der Waals surface area contributed by atoms with Gasteiger partial charge in [0.2, 0.25) is 0 Å². The van der Waals surface area contributed by atoms with Crippen molar-refractivity contribution in [1.82, 2.24) is 4.90 Å². The van der Waals surface area contributed by atoms with Crippen LogP contribution in [-0.4, -0.2) is 100.0 Å². The summed E-state index contributed by atoms with van der Waals surface area (Å²) in [4.78, 5) is 26.0. The largest absolute Gasteiger partial charge is 0.496 e. The fraction of sp³-hybridized carbons (Fsp3) is 0.383. The lowest BCUT2D eigenvalue weighted by molar-refractivity contribution is -0.385. The molecule has 5 aromatic rings. The third-order valence-corrected chi connectivity index (χ3v) is 11.5. The molecule has 0 saturated carbocycles. The normalized spacial score (nSPS) is 17.2. The fourth-order valence-electron chi connectivity index (χ4n) is 7.15. The first-order valence-corrected chi connectivity index (χ1v) is 22.0. The van der Waals surface area contributed by atoms with Gasteiger partial charge in [-0.1, -0.05) is 66.2 Å². The molecule has 1 N–H and O–H groups in total. The number of likely N-dealkylation sites (tertiary alicyclic amines) is 1. The van der Waals surface area contributed by atoms with E-state index in [1.54, 1.807) is 70.3 Å². The third-order valence-electron chi connectivity index (χ3n) is 10.2. The minimum absolute atomic E-state index is 0.0372. The van der Waals surface area contributed by atoms with Crippen LogP contribution in [0.15, 0.2) is 114 Å². The van der Waals surface area contributed by atoms with Crippen molar-refractivity contribution in [2.45, 2.75) is 75.4 Å². The molecule has 1 fully saturated rings. The molecule has 0 aliphatic carbocycles. The molecule has 1 aliphatic rings. The number of nitro groups is 1. The number of benzene rings is 5. The van der Waals surface area contributed by atoms with Crippen molar-refractivity contribution >= 4 is 32.7 Å². The van der Waals surface area contributed by atoms with Crippen molar-refractivity contribution in [3.8, 4) is 17.2 Å². The molecule has 1 saturated heterocycles. The average Bonchev–Trinajstić information content (AvgIpc) is 3.26. The summed E-state index contributed by atoms with van der Waals surface area (Å²) < 4.78 is 67.3. The van der Waals surface area contributed by atoms with E-state index in [9.17, 15) is 28.4 Å². The second kappa shape index (κ2) is 21.1. The van der Waals surface area contributed by atoms with Crippen LogP contribution in [-0.2, 0) is 35.1 Å². The Morgan fingerprint density at radius 1 is 0.857 bits per heavy atom. The highest BCUT2D eigenvalue weighted by Gasteiger charge is 2.42. The number of methoxy groups -OCH3 is 1. The summed E-state index contributed by atoms with van der Waals surface area (Å²) in [6.07, 6.45) is -2.88. The summed E-state index contributed by atoms with van der Waals surface area (Å²) in [5, 5.41) is 24.3. The monoisotopic (exact) mass is 886 g/mol. The van der Waals surface area contributed by atoms with Gasteiger partial charge in [-0.25, -0.2) is 4.79 Å². The topological polar surface area (TPSA) is 182 Å². The molecule has 15 nitrogen and oxygen atoms in total. The molecule has 0 radical (unpaired) electrons. The van der Waals surface area contributed by atoms with Gasteiger partial charge in [0.05, 0.1) is 75.3 Å². The number of hydrogen-bond donors (Lipinski definition) is 1. The molecule has 1 amide bonds. The predicted octanol–water partition coefficient (Wildman–Crippen LogP) is 7.98. The number of nitro benzene ring substituents is 1. The van der Waals surface area contributed by atoms with E-state index in [2.05, 4.69) is 0 Å². The van der Waals surface area contributed by atoms with Gasteiger partial charge in [0.25, 0.3) is 10.1 Å². The van der Waals surface area contributed by atoms with E-state index in [1.165, 1.54) is 23.1 Å². The van der Waals surface area contributed by atoms with E-state index in [0.717, 1.165) is 27.5 Å². The zero-order valence-electron chi connectivity index (χ0n) is 36.0. The molecule has 336 valence electrons. The van der Waals surface area contributed by atoms with Crippen LogP contribution in [0.1, 0.15) is 49.8 Å². The number of aryl methyl sites for hydroxylation is 1. The SMILES string of the molecule is COc1cc(CO[C@H]2CN(C(=O)OC(C)(C)C)C[C@@H](OC[C@H](O)COS(=O)(=O)c3ccc(C)cc3)[C@@H]2c2ccc(OCCCOc3ccccc3[N+](=O)[O-])cc2)cc2ccccc12. The number of piperidine rings is 1. The summed E-state index contributed by atoms with van der Waals surface area (Å²) in [7, 11) is -2.54. The second-order valence-electron chi connectivity index (χ2n) is 16.2. The predicted molar refractivity (Wildman–Crippen MR) is 235 cm³/mol. The molecular formula is C47H54N2O13S. The first-order valence-electron chi connectivity index (χ1n) is 20.6. The van der Waals surface area contributed by atoms with Crippen LogP contribution in [0.3, 0.4) is 0 Å². The highest BCUT2D eigenvalue weighted by molar-refractivity contribution is 7.86. The summed E-state index contributed by atoms with van der Waals surface area (Å²) >= 11 is 0. The van der Waals surface area contributed by atoms with E-state index in [1.807, 2.05) is 55.5 Å². The third kappa shape index (κ3) is 12.9. The minimum atomic E-state index is -4.16. The molecule has 0 bridgehead atoms. The second-order valence-corrected chi connectivity index (χ2v) is 17.8. The van der Waals surface area contributed by atoms with E-state index < -0.39 is 57.6 Å². The number of ether oxygens (including phenoxy) is 6. The van der Waals surface area contributed by atoms with Gasteiger partial charge in [-0.05, 0) is 86.7 Å². The quantitative estimate of drug-likeness (QED) is 0.0365. The maximum absolute atomic E-state index is 13.7. The van der Waals surface area contributed by atoms with E-state index >= 15 is 0 Å². The Hall–Kier alpha value is -5.78. The molecule has 16 heteroatoms. The van der Waals surface area contributed by atoms with Gasteiger partial charge in [-0.3, -0.25) is 14.3 Å². The summed E-state index contributed by atoms with van der Waals surface area (Å²) in [6.45, 7) is 7.13. The van der Waals surface area contributed by atoms with Gasteiger partial charge in [0, 0.05) is 23.8 Å². The lowest BCUT2D eigenvalue weighted by atomic mass is 9.84. The van der Waals surface area contributed by atoms with Crippen LogP contribution in [0.25, 0.3) is 10.8 Å². The molecule has 0 aromatic heterocycles. The van der Waals surface area contributed by atoms with Crippen LogP contribution >= 0.6 is 0 Å². The summed E-state index contributed by atoms with van der Waals surface area (Å²) in [5.41, 5.74) is 1.62. The highest BCUT2D eigenvalue weighted by Crippen LogP contribution is 2.36. The van der Waals surface area contributed by atoms with Gasteiger partial charge < -0.3 is 38.4 Å². The van der Waals surface area contributed by atoms with Crippen LogP contribution in [0.2, 0.25) is 0 Å². The van der Waals surface area contributed by atoms with Crippen LogP contribution in [0.4, 0.5) is 10.5 Å². The Morgan fingerprint density at radius 2 is 1.52 bits per heavy atom. The first kappa shape index (κ1) is 46.7. The van der Waals surface area contributed by atoms with E-state index in [-0.39, 0.29) is 55.8 Å². The molecule has 1 aliphatic heterocycles. The summed E-state index contributed by atoms with van der Waals surface area (Å²) in [6, 6.07) is 31.5. The minimum Gasteiger partial charge on any atom is -0.496 e. The van der Waals surface area contributed by atoms with Crippen molar-refractivity contribution in [3.05, 3.63) is 136 Å². The molecule has 0 spiro atoms. The number of nitrogens with zero attached hydrogens (tertiary/aromatic N) is 2. The molecule has 0 unspecified atom stereocenters. The van der Waals surface area contributed by atoms with Crippen molar-refractivity contribution in [3.63, 3.8) is 0 Å². The molecule has 63 heavy (non-hydrogen) atoms. The van der Waals surface area contributed by atoms with Gasteiger partial charge in [0.15, 0.2) is 5.75 Å². The van der Waals surface area contributed by atoms with Gasteiger partial charge in [-0.15, -0.1) is 0 Å². The van der Waals surface area contributed by atoms with Crippen LogP contribution in [0.5, 0.6) is 17.2 Å². The van der Waals surface area contributed by atoms with E-state index in [0.29, 0.717) is 17.9 Å². The zero-order chi connectivity index (χ0) is 45.1. The van der Waals surface area contributed by atoms with E-state index in [4.69, 9.17) is 32.6 Å². The average molecular weight is 887 g/mol. The molecule has 4 atom stereocenters. The van der Waals surface area contributed by atoms with Crippen molar-refractivity contribution in [2.24, 2.45) is 0 Å². The zero-order valence-corrected chi connectivity index (χ0v) is 36.8. The van der Waals surface area contributed by atoms with Gasteiger partial charge >= 0.3 is 11.8 Å². The maximum atomic E-state index is 13.7. The first-order chi connectivity index (χ1) is 30.1. The molecule has 5 aromatic carbocycles. The lowest BCUT2D eigenvalue weighted by Gasteiger charge is -2.44. The van der Waals surface area contributed by atoms with Crippen LogP contribution in [0, 0.1) is 17.0 Å².